The van der Waals surface area contributed by atoms with Gasteiger partial charge in [-0.25, -0.2) is 0 Å². The van der Waals surface area contributed by atoms with Gasteiger partial charge in [0.05, 0.1) is 5.60 Å². The zero-order valence-electron chi connectivity index (χ0n) is 16.0. The summed E-state index contributed by atoms with van der Waals surface area (Å²) in [6.07, 6.45) is 7.45. The van der Waals surface area contributed by atoms with Gasteiger partial charge in [-0.3, -0.25) is 4.90 Å². The standard InChI is InChI=1S/C24H28N2O/c1-25-13-12-19-14-20(10-11-23(19)25)24(27)15-21-8-5-9-22(16-24)26(21)17-18-6-3-2-4-7-18/h2-4,6-7,10-14,21-22,27H,5,8-9,15-17H2,1H3. The van der Waals surface area contributed by atoms with Crippen molar-refractivity contribution >= 4 is 10.9 Å². The van der Waals surface area contributed by atoms with Crippen LogP contribution in [-0.2, 0) is 19.2 Å². The molecular weight excluding hydrogens is 332 g/mol. The van der Waals surface area contributed by atoms with Crippen LogP contribution in [0, 0.1) is 0 Å². The molecule has 140 valence electrons. The summed E-state index contributed by atoms with van der Waals surface area (Å²) in [5, 5.41) is 12.9. The summed E-state index contributed by atoms with van der Waals surface area (Å²) in [6, 6.07) is 20.4. The molecule has 3 heterocycles. The third-order valence-corrected chi connectivity index (χ3v) is 6.79. The molecule has 2 saturated heterocycles. The summed E-state index contributed by atoms with van der Waals surface area (Å²) in [5.74, 6) is 0. The van der Waals surface area contributed by atoms with Crippen LogP contribution in [0.3, 0.4) is 0 Å². The van der Waals surface area contributed by atoms with Gasteiger partial charge in [0.2, 0.25) is 0 Å². The third-order valence-electron chi connectivity index (χ3n) is 6.79. The molecule has 5 rings (SSSR count). The Morgan fingerprint density at radius 2 is 1.74 bits per heavy atom. The minimum absolute atomic E-state index is 0.467. The molecule has 2 aliphatic heterocycles. The van der Waals surface area contributed by atoms with Crippen molar-refractivity contribution < 1.29 is 5.11 Å². The van der Waals surface area contributed by atoms with Crippen molar-refractivity contribution in [3.63, 3.8) is 0 Å². The number of piperidine rings is 2. The van der Waals surface area contributed by atoms with Crippen LogP contribution in [0.2, 0.25) is 0 Å². The van der Waals surface area contributed by atoms with E-state index in [-0.39, 0.29) is 0 Å². The molecule has 0 spiro atoms. The number of aryl methyl sites for hydroxylation is 1. The number of hydrogen-bond acceptors (Lipinski definition) is 2. The smallest absolute Gasteiger partial charge is 0.0926 e. The molecule has 0 amide bonds. The van der Waals surface area contributed by atoms with Gasteiger partial charge in [-0.15, -0.1) is 0 Å². The van der Waals surface area contributed by atoms with E-state index in [4.69, 9.17) is 0 Å². The maximum Gasteiger partial charge on any atom is 0.0926 e. The summed E-state index contributed by atoms with van der Waals surface area (Å²) >= 11 is 0. The van der Waals surface area contributed by atoms with E-state index in [9.17, 15) is 5.11 Å². The average molecular weight is 361 g/mol. The SMILES string of the molecule is Cn1ccc2cc(C3(O)CC4CCCC(C3)N4Cc3ccccc3)ccc21. The highest BCUT2D eigenvalue weighted by Gasteiger charge is 2.46. The van der Waals surface area contributed by atoms with E-state index < -0.39 is 5.60 Å². The molecule has 0 saturated carbocycles. The highest BCUT2D eigenvalue weighted by atomic mass is 16.3. The molecular formula is C24H28N2O. The maximum absolute atomic E-state index is 11.7. The molecule has 0 radical (unpaired) electrons. The number of benzene rings is 2. The third kappa shape index (κ3) is 2.99. The van der Waals surface area contributed by atoms with Crippen LogP contribution in [0.25, 0.3) is 10.9 Å². The summed E-state index contributed by atoms with van der Waals surface area (Å²) in [4.78, 5) is 2.66. The van der Waals surface area contributed by atoms with Crippen molar-refractivity contribution in [3.8, 4) is 0 Å². The highest BCUT2D eigenvalue weighted by Crippen LogP contribution is 2.45. The zero-order valence-corrected chi connectivity index (χ0v) is 16.0. The first kappa shape index (κ1) is 17.0. The van der Waals surface area contributed by atoms with Crippen molar-refractivity contribution in [1.82, 2.24) is 9.47 Å². The van der Waals surface area contributed by atoms with E-state index in [0.29, 0.717) is 12.1 Å². The number of aromatic nitrogens is 1. The van der Waals surface area contributed by atoms with E-state index in [1.165, 1.54) is 35.7 Å². The molecule has 2 fully saturated rings. The van der Waals surface area contributed by atoms with Gasteiger partial charge in [-0.1, -0.05) is 42.8 Å². The lowest BCUT2D eigenvalue weighted by Crippen LogP contribution is -2.56. The predicted octanol–water partition coefficient (Wildman–Crippen LogP) is 4.58. The minimum Gasteiger partial charge on any atom is -0.385 e. The molecule has 2 unspecified atom stereocenters. The fourth-order valence-corrected chi connectivity index (χ4v) is 5.38. The Morgan fingerprint density at radius 1 is 1.00 bits per heavy atom. The molecule has 2 aliphatic rings. The molecule has 3 nitrogen and oxygen atoms in total. The van der Waals surface area contributed by atoms with E-state index in [2.05, 4.69) is 77.3 Å². The van der Waals surface area contributed by atoms with E-state index >= 15 is 0 Å². The van der Waals surface area contributed by atoms with Gasteiger partial charge in [-0.2, -0.15) is 0 Å². The first-order valence-corrected chi connectivity index (χ1v) is 10.2. The van der Waals surface area contributed by atoms with Gasteiger partial charge >= 0.3 is 0 Å². The summed E-state index contributed by atoms with van der Waals surface area (Å²) in [6.45, 7) is 1.00. The molecule has 27 heavy (non-hydrogen) atoms. The van der Waals surface area contributed by atoms with Crippen molar-refractivity contribution in [2.45, 2.75) is 56.3 Å². The maximum atomic E-state index is 11.7. The number of nitrogens with zero attached hydrogens (tertiary/aromatic N) is 2. The van der Waals surface area contributed by atoms with Crippen LogP contribution >= 0.6 is 0 Å². The van der Waals surface area contributed by atoms with Gasteiger partial charge in [0, 0.05) is 37.4 Å². The molecule has 1 aromatic heterocycles. The van der Waals surface area contributed by atoms with Crippen molar-refractivity contribution in [2.75, 3.05) is 0 Å². The predicted molar refractivity (Wildman–Crippen MR) is 109 cm³/mol. The number of hydrogen-bond donors (Lipinski definition) is 1. The Bertz CT molecular complexity index is 931. The largest absolute Gasteiger partial charge is 0.385 e. The summed E-state index contributed by atoms with van der Waals surface area (Å²) in [7, 11) is 2.07. The Morgan fingerprint density at radius 3 is 2.48 bits per heavy atom. The monoisotopic (exact) mass is 360 g/mol. The molecule has 2 aromatic carbocycles. The van der Waals surface area contributed by atoms with Crippen molar-refractivity contribution in [3.05, 3.63) is 71.9 Å². The Balaban J connectivity index is 1.43. The lowest BCUT2D eigenvalue weighted by atomic mass is 9.72. The summed E-state index contributed by atoms with van der Waals surface area (Å²) < 4.78 is 2.14. The lowest BCUT2D eigenvalue weighted by molar-refractivity contribution is -0.0998. The Hall–Kier alpha value is -2.10. The minimum atomic E-state index is -0.701. The van der Waals surface area contributed by atoms with E-state index in [1.807, 2.05) is 0 Å². The first-order valence-electron chi connectivity index (χ1n) is 10.2. The lowest BCUT2D eigenvalue weighted by Gasteiger charge is -2.52. The molecule has 3 aromatic rings. The molecule has 1 N–H and O–H groups in total. The molecule has 0 aliphatic carbocycles. The second-order valence-electron chi connectivity index (χ2n) is 8.54. The number of rotatable bonds is 3. The van der Waals surface area contributed by atoms with Gasteiger partial charge in [-0.05, 0) is 60.4 Å². The molecule has 3 heteroatoms. The fourth-order valence-electron chi connectivity index (χ4n) is 5.38. The Labute approximate surface area is 161 Å². The van der Waals surface area contributed by atoms with Crippen molar-refractivity contribution in [2.24, 2.45) is 7.05 Å². The van der Waals surface area contributed by atoms with E-state index in [1.54, 1.807) is 0 Å². The van der Waals surface area contributed by atoms with Crippen LogP contribution in [-0.4, -0.2) is 26.7 Å². The van der Waals surface area contributed by atoms with Gasteiger partial charge in [0.15, 0.2) is 0 Å². The summed E-state index contributed by atoms with van der Waals surface area (Å²) in [5.41, 5.74) is 3.00. The van der Waals surface area contributed by atoms with Gasteiger partial charge in [0.25, 0.3) is 0 Å². The van der Waals surface area contributed by atoms with Gasteiger partial charge in [0.1, 0.15) is 0 Å². The quantitative estimate of drug-likeness (QED) is 0.740. The van der Waals surface area contributed by atoms with Crippen LogP contribution < -0.4 is 0 Å². The Kier molecular flexibility index (Phi) is 4.10. The second-order valence-corrected chi connectivity index (χ2v) is 8.54. The van der Waals surface area contributed by atoms with Crippen molar-refractivity contribution in [1.29, 1.82) is 0 Å². The van der Waals surface area contributed by atoms with Gasteiger partial charge < -0.3 is 9.67 Å². The average Bonchev–Trinajstić information content (AvgIpc) is 3.04. The number of aliphatic hydroxyl groups is 1. The first-order chi connectivity index (χ1) is 13.1. The van der Waals surface area contributed by atoms with Crippen LogP contribution in [0.4, 0.5) is 0 Å². The normalized spacial score (nSPS) is 28.5. The molecule has 2 atom stereocenters. The fraction of sp³-hybridized carbons (Fsp3) is 0.417. The zero-order chi connectivity index (χ0) is 18.4. The topological polar surface area (TPSA) is 28.4 Å². The van der Waals surface area contributed by atoms with Crippen LogP contribution in [0.15, 0.2) is 60.8 Å². The second kappa shape index (κ2) is 6.50. The van der Waals surface area contributed by atoms with Crippen LogP contribution in [0.1, 0.15) is 43.2 Å². The number of fused-ring (bicyclic) bond motifs is 3. The van der Waals surface area contributed by atoms with E-state index in [0.717, 1.165) is 24.9 Å². The van der Waals surface area contributed by atoms with Crippen LogP contribution in [0.5, 0.6) is 0 Å². The highest BCUT2D eigenvalue weighted by molar-refractivity contribution is 5.81. The molecule has 2 bridgehead atoms.